The molecule has 3 heteroatoms. The van der Waals surface area contributed by atoms with Gasteiger partial charge in [0.25, 0.3) is 0 Å². The van der Waals surface area contributed by atoms with Crippen molar-refractivity contribution in [3.05, 3.63) is 40.6 Å². The molecule has 1 heterocycles. The zero-order valence-corrected chi connectivity index (χ0v) is 10.6. The van der Waals surface area contributed by atoms with Crippen LogP contribution >= 0.6 is 0 Å². The Morgan fingerprint density at radius 3 is 2.83 bits per heavy atom. The SMILES string of the molecule is Cc1ccc2nc3c(c(C(=N)N)c2c1)CCCC3. The summed E-state index contributed by atoms with van der Waals surface area (Å²) in [4.78, 5) is 4.75. The van der Waals surface area contributed by atoms with Crippen molar-refractivity contribution in [1.82, 2.24) is 4.98 Å². The fraction of sp³-hybridized carbons (Fsp3) is 0.333. The Bertz CT molecular complexity index is 644. The van der Waals surface area contributed by atoms with E-state index in [1.54, 1.807) is 0 Å². The standard InChI is InChI=1S/C15H17N3/c1-9-6-7-13-11(8-9)14(15(16)17)10-4-2-3-5-12(10)18-13/h6-8H,2-5H2,1H3,(H3,16,17). The van der Waals surface area contributed by atoms with Crippen LogP contribution in [0, 0.1) is 12.3 Å². The fourth-order valence-electron chi connectivity index (χ4n) is 2.85. The van der Waals surface area contributed by atoms with E-state index in [9.17, 15) is 0 Å². The highest BCUT2D eigenvalue weighted by Crippen LogP contribution is 2.29. The zero-order valence-electron chi connectivity index (χ0n) is 10.6. The highest BCUT2D eigenvalue weighted by Gasteiger charge is 2.19. The van der Waals surface area contributed by atoms with Gasteiger partial charge in [0.15, 0.2) is 0 Å². The van der Waals surface area contributed by atoms with Crippen LogP contribution in [0.3, 0.4) is 0 Å². The maximum absolute atomic E-state index is 7.88. The first-order valence-corrected chi connectivity index (χ1v) is 6.43. The quantitative estimate of drug-likeness (QED) is 0.593. The molecule has 1 aliphatic carbocycles. The molecule has 92 valence electrons. The summed E-state index contributed by atoms with van der Waals surface area (Å²) in [5, 5.41) is 8.91. The van der Waals surface area contributed by atoms with Gasteiger partial charge in [-0.1, -0.05) is 11.6 Å². The van der Waals surface area contributed by atoms with Gasteiger partial charge in [-0.05, 0) is 50.3 Å². The van der Waals surface area contributed by atoms with Crippen molar-refractivity contribution < 1.29 is 0 Å². The summed E-state index contributed by atoms with van der Waals surface area (Å²) in [5.74, 6) is 0.172. The van der Waals surface area contributed by atoms with Gasteiger partial charge in [0.2, 0.25) is 0 Å². The number of pyridine rings is 1. The lowest BCUT2D eigenvalue weighted by Gasteiger charge is -2.20. The Morgan fingerprint density at radius 2 is 2.06 bits per heavy atom. The summed E-state index contributed by atoms with van der Waals surface area (Å²) < 4.78 is 0. The molecule has 1 aromatic heterocycles. The largest absolute Gasteiger partial charge is 0.384 e. The number of benzene rings is 1. The number of hydrogen-bond acceptors (Lipinski definition) is 2. The molecule has 0 amide bonds. The van der Waals surface area contributed by atoms with Gasteiger partial charge >= 0.3 is 0 Å². The molecule has 1 aromatic carbocycles. The Labute approximate surface area is 107 Å². The molecule has 0 spiro atoms. The number of rotatable bonds is 1. The average molecular weight is 239 g/mol. The van der Waals surface area contributed by atoms with Crippen LogP contribution in [0.25, 0.3) is 10.9 Å². The minimum atomic E-state index is 0.172. The van der Waals surface area contributed by atoms with Crippen molar-refractivity contribution in [3.63, 3.8) is 0 Å². The van der Waals surface area contributed by atoms with Gasteiger partial charge < -0.3 is 5.73 Å². The molecule has 3 N–H and O–H groups in total. The number of nitrogens with two attached hydrogens (primary N) is 1. The van der Waals surface area contributed by atoms with E-state index in [0.717, 1.165) is 35.0 Å². The summed E-state index contributed by atoms with van der Waals surface area (Å²) in [6.45, 7) is 2.06. The number of hydrogen-bond donors (Lipinski definition) is 2. The first-order chi connectivity index (χ1) is 8.66. The Balaban J connectivity index is 2.41. The van der Waals surface area contributed by atoms with E-state index in [1.165, 1.54) is 24.0 Å². The highest BCUT2D eigenvalue weighted by molar-refractivity contribution is 6.08. The second-order valence-corrected chi connectivity index (χ2v) is 5.05. The van der Waals surface area contributed by atoms with Crippen molar-refractivity contribution in [2.24, 2.45) is 5.73 Å². The first-order valence-electron chi connectivity index (χ1n) is 6.43. The second kappa shape index (κ2) is 4.09. The number of aryl methyl sites for hydroxylation is 2. The minimum absolute atomic E-state index is 0.172. The lowest BCUT2D eigenvalue weighted by atomic mass is 9.89. The topological polar surface area (TPSA) is 62.8 Å². The molecule has 18 heavy (non-hydrogen) atoms. The van der Waals surface area contributed by atoms with Crippen molar-refractivity contribution >= 4 is 16.7 Å². The molecule has 0 saturated carbocycles. The van der Waals surface area contributed by atoms with Crippen LogP contribution < -0.4 is 5.73 Å². The third kappa shape index (κ3) is 1.67. The lowest BCUT2D eigenvalue weighted by Crippen LogP contribution is -2.19. The van der Waals surface area contributed by atoms with E-state index in [1.807, 2.05) is 6.07 Å². The molecular weight excluding hydrogens is 222 g/mol. The van der Waals surface area contributed by atoms with Crippen LogP contribution in [0.2, 0.25) is 0 Å². The minimum Gasteiger partial charge on any atom is -0.384 e. The van der Waals surface area contributed by atoms with Crippen LogP contribution in [0.5, 0.6) is 0 Å². The summed E-state index contributed by atoms with van der Waals surface area (Å²) >= 11 is 0. The Morgan fingerprint density at radius 1 is 1.28 bits per heavy atom. The predicted molar refractivity (Wildman–Crippen MR) is 74.1 cm³/mol. The molecule has 0 bridgehead atoms. The third-order valence-corrected chi connectivity index (χ3v) is 3.69. The normalized spacial score (nSPS) is 14.5. The lowest BCUT2D eigenvalue weighted by molar-refractivity contribution is 0.670. The maximum Gasteiger partial charge on any atom is 0.123 e. The van der Waals surface area contributed by atoms with Crippen molar-refractivity contribution in [1.29, 1.82) is 5.41 Å². The third-order valence-electron chi connectivity index (χ3n) is 3.69. The molecule has 0 saturated heterocycles. The van der Waals surface area contributed by atoms with Crippen LogP contribution in [-0.2, 0) is 12.8 Å². The van der Waals surface area contributed by atoms with E-state index in [0.29, 0.717) is 0 Å². The molecule has 0 radical (unpaired) electrons. The summed E-state index contributed by atoms with van der Waals surface area (Å²) in [6.07, 6.45) is 4.38. The molecule has 0 fully saturated rings. The fourth-order valence-corrected chi connectivity index (χ4v) is 2.85. The van der Waals surface area contributed by atoms with Gasteiger partial charge in [-0.2, -0.15) is 0 Å². The summed E-state index contributed by atoms with van der Waals surface area (Å²) in [5.41, 5.74) is 11.2. The number of fused-ring (bicyclic) bond motifs is 2. The van der Waals surface area contributed by atoms with Crippen molar-refractivity contribution in [2.45, 2.75) is 32.6 Å². The zero-order chi connectivity index (χ0) is 12.7. The smallest absolute Gasteiger partial charge is 0.123 e. The van der Waals surface area contributed by atoms with Gasteiger partial charge in [0.1, 0.15) is 5.84 Å². The van der Waals surface area contributed by atoms with E-state index in [2.05, 4.69) is 19.1 Å². The van der Waals surface area contributed by atoms with E-state index in [4.69, 9.17) is 16.1 Å². The maximum atomic E-state index is 7.88. The van der Waals surface area contributed by atoms with E-state index < -0.39 is 0 Å². The second-order valence-electron chi connectivity index (χ2n) is 5.05. The molecule has 0 atom stereocenters. The van der Waals surface area contributed by atoms with Gasteiger partial charge in [-0.25, -0.2) is 0 Å². The summed E-state index contributed by atoms with van der Waals surface area (Å²) in [7, 11) is 0. The van der Waals surface area contributed by atoms with Gasteiger partial charge in [0.05, 0.1) is 5.52 Å². The average Bonchev–Trinajstić information content (AvgIpc) is 2.35. The monoisotopic (exact) mass is 239 g/mol. The Hall–Kier alpha value is -1.90. The number of nitrogens with zero attached hydrogens (tertiary/aromatic N) is 1. The van der Waals surface area contributed by atoms with Gasteiger partial charge in [-0.3, -0.25) is 10.4 Å². The molecule has 3 rings (SSSR count). The van der Waals surface area contributed by atoms with Crippen molar-refractivity contribution in [2.75, 3.05) is 0 Å². The number of nitrogen functional groups attached to an aromatic ring is 1. The van der Waals surface area contributed by atoms with Crippen LogP contribution in [0.4, 0.5) is 0 Å². The molecule has 3 nitrogen and oxygen atoms in total. The van der Waals surface area contributed by atoms with Gasteiger partial charge in [-0.15, -0.1) is 0 Å². The molecular formula is C15H17N3. The number of aromatic nitrogens is 1. The van der Waals surface area contributed by atoms with Crippen LogP contribution in [0.15, 0.2) is 18.2 Å². The van der Waals surface area contributed by atoms with E-state index >= 15 is 0 Å². The first kappa shape index (κ1) is 11.2. The van der Waals surface area contributed by atoms with Crippen molar-refractivity contribution in [3.8, 4) is 0 Å². The van der Waals surface area contributed by atoms with Crippen LogP contribution in [0.1, 0.15) is 35.2 Å². The molecule has 0 unspecified atom stereocenters. The molecule has 1 aliphatic rings. The summed E-state index contributed by atoms with van der Waals surface area (Å²) in [6, 6.07) is 6.19. The molecule has 0 aliphatic heterocycles. The number of amidine groups is 1. The highest BCUT2D eigenvalue weighted by atomic mass is 14.7. The van der Waals surface area contributed by atoms with Crippen LogP contribution in [-0.4, -0.2) is 10.8 Å². The van der Waals surface area contributed by atoms with E-state index in [-0.39, 0.29) is 5.84 Å². The predicted octanol–water partition coefficient (Wildman–Crippen LogP) is 2.71. The van der Waals surface area contributed by atoms with Gasteiger partial charge in [0, 0.05) is 16.6 Å². The Kier molecular flexibility index (Phi) is 2.54. The number of nitrogens with one attached hydrogen (secondary N) is 1. The molecule has 2 aromatic rings.